The summed E-state index contributed by atoms with van der Waals surface area (Å²) in [5.74, 6) is -0.0219. The van der Waals surface area contributed by atoms with E-state index in [1.807, 2.05) is 31.3 Å². The minimum atomic E-state index is -0.214. The molecule has 1 saturated heterocycles. The number of likely N-dealkylation sites (tertiary alicyclic amines) is 1. The molecule has 4 nitrogen and oxygen atoms in total. The maximum Gasteiger partial charge on any atom is 0.254 e. The molecule has 3 heterocycles. The zero-order valence-electron chi connectivity index (χ0n) is 19.4. The van der Waals surface area contributed by atoms with Crippen LogP contribution in [0.15, 0.2) is 72.9 Å². The fraction of sp³-hybridized carbons (Fsp3) is 0.276. The van der Waals surface area contributed by atoms with Gasteiger partial charge in [0.25, 0.3) is 5.91 Å². The van der Waals surface area contributed by atoms with Crippen molar-refractivity contribution in [2.45, 2.75) is 32.0 Å². The topological polar surface area (TPSA) is 28.5 Å². The van der Waals surface area contributed by atoms with Gasteiger partial charge in [0.15, 0.2) is 0 Å². The number of aryl methyl sites for hydroxylation is 1. The Balaban J connectivity index is 1.14. The largest absolute Gasteiger partial charge is 0.350 e. The second-order valence-electron chi connectivity index (χ2n) is 9.61. The molecule has 4 aromatic rings. The van der Waals surface area contributed by atoms with Crippen molar-refractivity contribution in [1.29, 1.82) is 0 Å². The van der Waals surface area contributed by atoms with E-state index in [0.29, 0.717) is 6.04 Å². The van der Waals surface area contributed by atoms with E-state index in [1.165, 1.54) is 11.6 Å². The van der Waals surface area contributed by atoms with Crippen molar-refractivity contribution in [3.05, 3.63) is 95.4 Å². The van der Waals surface area contributed by atoms with Crippen LogP contribution in [0.25, 0.3) is 22.0 Å². The fourth-order valence-corrected chi connectivity index (χ4v) is 5.63. The summed E-state index contributed by atoms with van der Waals surface area (Å²) in [5, 5.41) is 1.14. The number of rotatable bonds is 4. The molecule has 34 heavy (non-hydrogen) atoms. The van der Waals surface area contributed by atoms with Gasteiger partial charge in [0.2, 0.25) is 0 Å². The number of fused-ring (bicyclic) bond motifs is 2. The molecular weight excluding hydrogens is 425 g/mol. The van der Waals surface area contributed by atoms with Gasteiger partial charge in [-0.25, -0.2) is 4.39 Å². The molecule has 5 heteroatoms. The first-order valence-electron chi connectivity index (χ1n) is 12.0. The van der Waals surface area contributed by atoms with E-state index >= 15 is 0 Å². The highest BCUT2D eigenvalue weighted by molar-refractivity contribution is 5.98. The van der Waals surface area contributed by atoms with E-state index in [1.54, 1.807) is 12.1 Å². The number of aromatic nitrogens is 1. The molecule has 3 aromatic carbocycles. The SMILES string of the molecule is Cn1cc(-c2cccc(F)c2)c2ccc(CN3CCC(N4Cc5ccccc5C4=O)CC3)cc21. The number of amides is 1. The molecule has 172 valence electrons. The van der Waals surface area contributed by atoms with Crippen LogP contribution in [-0.2, 0) is 20.1 Å². The Morgan fingerprint density at radius 3 is 2.56 bits per heavy atom. The smallest absolute Gasteiger partial charge is 0.254 e. The Bertz CT molecular complexity index is 1380. The second-order valence-corrected chi connectivity index (χ2v) is 9.61. The van der Waals surface area contributed by atoms with E-state index in [0.717, 1.165) is 72.2 Å². The summed E-state index contributed by atoms with van der Waals surface area (Å²) >= 11 is 0. The predicted molar refractivity (Wildman–Crippen MR) is 133 cm³/mol. The van der Waals surface area contributed by atoms with Crippen LogP contribution >= 0.6 is 0 Å². The molecule has 0 atom stereocenters. The maximum atomic E-state index is 13.8. The average Bonchev–Trinajstić information content (AvgIpc) is 3.37. The molecule has 2 aliphatic heterocycles. The maximum absolute atomic E-state index is 13.8. The molecule has 0 N–H and O–H groups in total. The minimum Gasteiger partial charge on any atom is -0.350 e. The number of nitrogens with zero attached hydrogens (tertiary/aromatic N) is 3. The van der Waals surface area contributed by atoms with Crippen LogP contribution < -0.4 is 0 Å². The molecule has 1 fully saturated rings. The van der Waals surface area contributed by atoms with Gasteiger partial charge in [-0.1, -0.05) is 42.5 Å². The Labute approximate surface area is 199 Å². The van der Waals surface area contributed by atoms with Gasteiger partial charge in [-0.15, -0.1) is 0 Å². The third-order valence-electron chi connectivity index (χ3n) is 7.44. The van der Waals surface area contributed by atoms with Crippen LogP contribution in [0.3, 0.4) is 0 Å². The lowest BCUT2D eigenvalue weighted by molar-refractivity contribution is 0.0590. The van der Waals surface area contributed by atoms with Crippen molar-refractivity contribution >= 4 is 16.8 Å². The van der Waals surface area contributed by atoms with Gasteiger partial charge in [-0.3, -0.25) is 9.69 Å². The van der Waals surface area contributed by atoms with Crippen molar-refractivity contribution < 1.29 is 9.18 Å². The molecule has 1 aromatic heterocycles. The Kier molecular flexibility index (Phi) is 5.22. The standard InChI is InChI=1S/C29H28FN3O/c1-31-19-27(21-6-4-7-23(30)16-21)26-10-9-20(15-28(26)31)17-32-13-11-24(12-14-32)33-18-22-5-2-3-8-25(22)29(33)34/h2-10,15-16,19,24H,11-14,17-18H2,1H3. The van der Waals surface area contributed by atoms with Crippen LogP contribution in [0.2, 0.25) is 0 Å². The van der Waals surface area contributed by atoms with Gasteiger partial charge in [0.05, 0.1) is 0 Å². The normalized spacial score (nSPS) is 17.0. The molecule has 6 rings (SSSR count). The number of carbonyl (C=O) groups excluding carboxylic acids is 1. The summed E-state index contributed by atoms with van der Waals surface area (Å²) in [4.78, 5) is 17.4. The van der Waals surface area contributed by atoms with E-state index in [4.69, 9.17) is 0 Å². The van der Waals surface area contributed by atoms with Crippen LogP contribution in [0.1, 0.15) is 34.3 Å². The van der Waals surface area contributed by atoms with E-state index in [2.05, 4.69) is 44.8 Å². The molecule has 0 radical (unpaired) electrons. The summed E-state index contributed by atoms with van der Waals surface area (Å²) in [7, 11) is 2.05. The molecule has 0 bridgehead atoms. The first-order valence-corrected chi connectivity index (χ1v) is 12.0. The summed E-state index contributed by atoms with van der Waals surface area (Å²) in [6.45, 7) is 3.63. The molecular formula is C29H28FN3O. The van der Waals surface area contributed by atoms with Gasteiger partial charge in [-0.2, -0.15) is 0 Å². The number of hydrogen-bond donors (Lipinski definition) is 0. The number of halogens is 1. The average molecular weight is 454 g/mol. The highest BCUT2D eigenvalue weighted by Crippen LogP contribution is 2.32. The van der Waals surface area contributed by atoms with Crippen LogP contribution in [0, 0.1) is 5.82 Å². The molecule has 0 aliphatic carbocycles. The lowest BCUT2D eigenvalue weighted by Crippen LogP contribution is -2.44. The van der Waals surface area contributed by atoms with Gasteiger partial charge in [0.1, 0.15) is 5.82 Å². The third-order valence-corrected chi connectivity index (χ3v) is 7.44. The predicted octanol–water partition coefficient (Wildman–Crippen LogP) is 5.60. The van der Waals surface area contributed by atoms with Gasteiger partial charge < -0.3 is 9.47 Å². The molecule has 0 saturated carbocycles. The Morgan fingerprint density at radius 2 is 1.76 bits per heavy atom. The Morgan fingerprint density at radius 1 is 0.941 bits per heavy atom. The molecule has 1 amide bonds. The fourth-order valence-electron chi connectivity index (χ4n) is 5.63. The van der Waals surface area contributed by atoms with E-state index in [-0.39, 0.29) is 11.7 Å². The molecule has 2 aliphatic rings. The zero-order valence-corrected chi connectivity index (χ0v) is 19.4. The summed E-state index contributed by atoms with van der Waals surface area (Å²) in [5.41, 5.74) is 6.43. The highest BCUT2D eigenvalue weighted by Gasteiger charge is 2.34. The number of piperidine rings is 1. The van der Waals surface area contributed by atoms with Crippen molar-refractivity contribution in [3.63, 3.8) is 0 Å². The molecule has 0 unspecified atom stereocenters. The van der Waals surface area contributed by atoms with Crippen LogP contribution in [0.4, 0.5) is 4.39 Å². The molecule has 0 spiro atoms. The van der Waals surface area contributed by atoms with Crippen molar-refractivity contribution in [2.24, 2.45) is 7.05 Å². The summed E-state index contributed by atoms with van der Waals surface area (Å²) in [6.07, 6.45) is 4.10. The number of carbonyl (C=O) groups is 1. The lowest BCUT2D eigenvalue weighted by Gasteiger charge is -2.36. The van der Waals surface area contributed by atoms with Crippen molar-refractivity contribution in [3.8, 4) is 11.1 Å². The highest BCUT2D eigenvalue weighted by atomic mass is 19.1. The zero-order chi connectivity index (χ0) is 23.2. The van der Waals surface area contributed by atoms with Crippen LogP contribution in [-0.4, -0.2) is 39.4 Å². The first kappa shape index (κ1) is 21.1. The number of hydrogen-bond acceptors (Lipinski definition) is 2. The van der Waals surface area contributed by atoms with Gasteiger partial charge in [-0.05, 0) is 53.8 Å². The van der Waals surface area contributed by atoms with Gasteiger partial charge in [0, 0.05) is 67.5 Å². The Hall–Kier alpha value is -3.44. The number of benzene rings is 3. The van der Waals surface area contributed by atoms with E-state index in [9.17, 15) is 9.18 Å². The summed E-state index contributed by atoms with van der Waals surface area (Å²) in [6, 6.07) is 21.7. The minimum absolute atomic E-state index is 0.192. The van der Waals surface area contributed by atoms with Crippen molar-refractivity contribution in [2.75, 3.05) is 13.1 Å². The summed E-state index contributed by atoms with van der Waals surface area (Å²) < 4.78 is 15.9. The van der Waals surface area contributed by atoms with E-state index < -0.39 is 0 Å². The van der Waals surface area contributed by atoms with Crippen molar-refractivity contribution in [1.82, 2.24) is 14.4 Å². The lowest BCUT2D eigenvalue weighted by atomic mass is 10.0. The first-order chi connectivity index (χ1) is 16.6. The third kappa shape index (κ3) is 3.70. The second kappa shape index (κ2) is 8.41. The monoisotopic (exact) mass is 453 g/mol. The van der Waals surface area contributed by atoms with Gasteiger partial charge >= 0.3 is 0 Å². The quantitative estimate of drug-likeness (QED) is 0.402. The van der Waals surface area contributed by atoms with Crippen LogP contribution in [0.5, 0.6) is 0 Å².